The Morgan fingerprint density at radius 2 is 1.58 bits per heavy atom. The van der Waals surface area contributed by atoms with Crippen LogP contribution in [0.2, 0.25) is 0 Å². The molecule has 0 bridgehead atoms. The lowest BCUT2D eigenvalue weighted by Gasteiger charge is -2.36. The third kappa shape index (κ3) is 7.49. The summed E-state index contributed by atoms with van der Waals surface area (Å²) in [5.74, 6) is -0.271. The topological polar surface area (TPSA) is 36.0 Å². The summed E-state index contributed by atoms with van der Waals surface area (Å²) in [5.41, 5.74) is 1.27. The number of likely N-dealkylation sites (tertiary alicyclic amines) is 1. The number of benzene rings is 2. The molecule has 4 rings (SSSR count). The first-order valence-electron chi connectivity index (χ1n) is 11.4. The minimum atomic E-state index is -0.510. The van der Waals surface area contributed by atoms with Crippen LogP contribution in [-0.2, 0) is 0 Å². The van der Waals surface area contributed by atoms with Crippen molar-refractivity contribution in [3.05, 3.63) is 59.9 Å². The second-order valence-electron chi connectivity index (χ2n) is 8.36. The van der Waals surface area contributed by atoms with Gasteiger partial charge in [-0.2, -0.15) is 0 Å². The van der Waals surface area contributed by atoms with Crippen molar-refractivity contribution < 1.29 is 13.9 Å². The molecule has 0 N–H and O–H groups in total. The molecule has 2 aliphatic heterocycles. The zero-order valence-corrected chi connectivity index (χ0v) is 20.6. The summed E-state index contributed by atoms with van der Waals surface area (Å²) in [6.45, 7) is 6.59. The summed E-state index contributed by atoms with van der Waals surface area (Å²) < 4.78 is 20.4. The third-order valence-electron chi connectivity index (χ3n) is 6.20. The zero-order chi connectivity index (χ0) is 21.5. The molecule has 182 valence electrons. The molecular weight excluding hydrogens is 464 g/mol. The van der Waals surface area contributed by atoms with Crippen LogP contribution < -0.4 is 9.64 Å². The van der Waals surface area contributed by atoms with E-state index < -0.39 is 5.82 Å². The Morgan fingerprint density at radius 3 is 2.24 bits per heavy atom. The molecule has 0 spiro atoms. The van der Waals surface area contributed by atoms with Crippen molar-refractivity contribution in [1.82, 2.24) is 9.80 Å². The molecule has 8 heteroatoms. The number of carbonyl (C=O) groups is 1. The monoisotopic (exact) mass is 497 g/mol. The predicted molar refractivity (Wildman–Crippen MR) is 136 cm³/mol. The molecule has 5 nitrogen and oxygen atoms in total. The number of ether oxygens (including phenoxy) is 1. The molecule has 1 amide bonds. The highest BCUT2D eigenvalue weighted by Crippen LogP contribution is 2.21. The van der Waals surface area contributed by atoms with E-state index in [9.17, 15) is 9.18 Å². The van der Waals surface area contributed by atoms with Gasteiger partial charge in [0.15, 0.2) is 0 Å². The molecule has 33 heavy (non-hydrogen) atoms. The Hall–Kier alpha value is -2.02. The average molecular weight is 498 g/mol. The highest BCUT2D eigenvalue weighted by atomic mass is 35.5. The fourth-order valence-electron chi connectivity index (χ4n) is 4.40. The quantitative estimate of drug-likeness (QED) is 0.510. The molecule has 2 fully saturated rings. The maximum Gasteiger partial charge on any atom is 0.256 e. The molecule has 0 radical (unpaired) electrons. The van der Waals surface area contributed by atoms with Crippen LogP contribution in [0.4, 0.5) is 10.1 Å². The number of rotatable bonds is 7. The number of para-hydroxylation sites is 1. The van der Waals surface area contributed by atoms with Gasteiger partial charge in [-0.25, -0.2) is 4.39 Å². The lowest BCUT2D eigenvalue weighted by Crippen LogP contribution is -2.49. The number of halogens is 3. The summed E-state index contributed by atoms with van der Waals surface area (Å²) in [6, 6.07) is 14.8. The van der Waals surface area contributed by atoms with Crippen LogP contribution in [0.15, 0.2) is 48.5 Å². The van der Waals surface area contributed by atoms with E-state index in [1.54, 1.807) is 17.0 Å². The summed E-state index contributed by atoms with van der Waals surface area (Å²) in [6.07, 6.45) is 4.82. The molecule has 0 aliphatic carbocycles. The van der Waals surface area contributed by atoms with Crippen molar-refractivity contribution in [3.63, 3.8) is 0 Å². The minimum absolute atomic E-state index is 0. The zero-order valence-electron chi connectivity index (χ0n) is 19.0. The first-order valence-corrected chi connectivity index (χ1v) is 11.4. The van der Waals surface area contributed by atoms with Gasteiger partial charge >= 0.3 is 0 Å². The number of carbonyl (C=O) groups excluding carboxylic acids is 1. The van der Waals surface area contributed by atoms with E-state index in [1.807, 2.05) is 18.2 Å². The van der Waals surface area contributed by atoms with Crippen molar-refractivity contribution >= 4 is 36.4 Å². The lowest BCUT2D eigenvalue weighted by atomic mass is 10.1. The lowest BCUT2D eigenvalue weighted by molar-refractivity contribution is 0.0742. The minimum Gasteiger partial charge on any atom is -0.493 e. The van der Waals surface area contributed by atoms with Gasteiger partial charge in [0.2, 0.25) is 0 Å². The van der Waals surface area contributed by atoms with Gasteiger partial charge in [-0.1, -0.05) is 24.6 Å². The second kappa shape index (κ2) is 13.6. The number of hydrogen-bond donors (Lipinski definition) is 0. The largest absolute Gasteiger partial charge is 0.493 e. The second-order valence-corrected chi connectivity index (χ2v) is 8.36. The number of hydrogen-bond acceptors (Lipinski definition) is 4. The van der Waals surface area contributed by atoms with Crippen LogP contribution in [0.3, 0.4) is 0 Å². The highest BCUT2D eigenvalue weighted by molar-refractivity contribution is 5.94. The fourth-order valence-corrected chi connectivity index (χ4v) is 4.40. The van der Waals surface area contributed by atoms with Crippen LogP contribution in [0, 0.1) is 5.82 Å². The van der Waals surface area contributed by atoms with Crippen LogP contribution in [-0.4, -0.2) is 68.1 Å². The van der Waals surface area contributed by atoms with E-state index in [0.717, 1.165) is 31.7 Å². The Bertz CT molecular complexity index is 858. The maximum absolute atomic E-state index is 14.7. The molecule has 2 aromatic carbocycles. The molecule has 0 unspecified atom stereocenters. The van der Waals surface area contributed by atoms with Crippen LogP contribution in [0.1, 0.15) is 36.0 Å². The number of piperidine rings is 1. The molecule has 2 aliphatic rings. The van der Waals surface area contributed by atoms with E-state index in [1.165, 1.54) is 38.4 Å². The van der Waals surface area contributed by atoms with Crippen molar-refractivity contribution in [2.24, 2.45) is 0 Å². The van der Waals surface area contributed by atoms with Gasteiger partial charge in [0.25, 0.3) is 5.91 Å². The molecule has 0 aromatic heterocycles. The highest BCUT2D eigenvalue weighted by Gasteiger charge is 2.24. The number of piperazine rings is 1. The molecule has 2 saturated heterocycles. The maximum atomic E-state index is 14.7. The van der Waals surface area contributed by atoms with Gasteiger partial charge in [0.05, 0.1) is 12.2 Å². The summed E-state index contributed by atoms with van der Waals surface area (Å²) >= 11 is 0. The summed E-state index contributed by atoms with van der Waals surface area (Å²) in [5, 5.41) is 0. The Morgan fingerprint density at radius 1 is 0.879 bits per heavy atom. The van der Waals surface area contributed by atoms with E-state index in [0.29, 0.717) is 25.4 Å². The smallest absolute Gasteiger partial charge is 0.256 e. The van der Waals surface area contributed by atoms with E-state index in [-0.39, 0.29) is 36.3 Å². The van der Waals surface area contributed by atoms with Gasteiger partial charge in [-0.05, 0) is 56.6 Å². The van der Waals surface area contributed by atoms with Crippen LogP contribution in [0.5, 0.6) is 5.75 Å². The van der Waals surface area contributed by atoms with Crippen LogP contribution >= 0.6 is 24.8 Å². The van der Waals surface area contributed by atoms with Crippen molar-refractivity contribution in [2.45, 2.75) is 25.7 Å². The SMILES string of the molecule is Cl.Cl.O=C(c1ccc(OCCCN2CCCCC2)cc1F)N1CCN(c2ccccc2)CC1. The summed E-state index contributed by atoms with van der Waals surface area (Å²) in [7, 11) is 0. The first-order chi connectivity index (χ1) is 15.2. The van der Waals surface area contributed by atoms with Crippen molar-refractivity contribution in [1.29, 1.82) is 0 Å². The molecule has 2 aromatic rings. The molecule has 0 atom stereocenters. The van der Waals surface area contributed by atoms with Crippen molar-refractivity contribution in [3.8, 4) is 5.75 Å². The molecular formula is C25H34Cl2FN3O2. The molecule has 0 saturated carbocycles. The van der Waals surface area contributed by atoms with E-state index in [4.69, 9.17) is 4.74 Å². The predicted octanol–water partition coefficient (Wildman–Crippen LogP) is 4.89. The van der Waals surface area contributed by atoms with E-state index in [2.05, 4.69) is 21.9 Å². The van der Waals surface area contributed by atoms with Gasteiger partial charge in [0.1, 0.15) is 11.6 Å². The summed E-state index contributed by atoms with van der Waals surface area (Å²) in [4.78, 5) is 19.3. The van der Waals surface area contributed by atoms with Crippen molar-refractivity contribution in [2.75, 3.05) is 57.3 Å². The molecule has 2 heterocycles. The van der Waals surface area contributed by atoms with Gasteiger partial charge < -0.3 is 19.4 Å². The normalized spacial score (nSPS) is 16.5. The van der Waals surface area contributed by atoms with Gasteiger partial charge in [0, 0.05) is 44.5 Å². The Kier molecular flexibility index (Phi) is 11.2. The average Bonchev–Trinajstić information content (AvgIpc) is 2.83. The van der Waals surface area contributed by atoms with E-state index >= 15 is 0 Å². The number of amides is 1. The van der Waals surface area contributed by atoms with Crippen LogP contribution in [0.25, 0.3) is 0 Å². The fraction of sp³-hybridized carbons (Fsp3) is 0.480. The number of nitrogens with zero attached hydrogens (tertiary/aromatic N) is 3. The third-order valence-corrected chi connectivity index (χ3v) is 6.20. The Labute approximate surface area is 208 Å². The standard InChI is InChI=1S/C25H32FN3O2.2ClH/c26-24-20-22(31-19-7-14-27-12-5-2-6-13-27)10-11-23(24)25(30)29-17-15-28(16-18-29)21-8-3-1-4-9-21;;/h1,3-4,8-11,20H,2,5-7,12-19H2;2*1H. The van der Waals surface area contributed by atoms with Gasteiger partial charge in [-0.3, -0.25) is 4.79 Å². The van der Waals surface area contributed by atoms with Gasteiger partial charge in [-0.15, -0.1) is 24.8 Å². The number of anilines is 1. The first kappa shape index (κ1) is 27.2. The Balaban J connectivity index is 0.00000193.